The number of hydrogen-bond acceptors (Lipinski definition) is 6. The summed E-state index contributed by atoms with van der Waals surface area (Å²) < 4.78 is 45.7. The second kappa shape index (κ2) is 9.28. The van der Waals surface area contributed by atoms with Crippen LogP contribution >= 0.6 is 0 Å². The molecule has 1 N–H and O–H groups in total. The van der Waals surface area contributed by atoms with Gasteiger partial charge in [-0.05, 0) is 53.4 Å². The molecular formula is C24H33FN4O4S. The van der Waals surface area contributed by atoms with E-state index in [4.69, 9.17) is 9.84 Å². The molecule has 1 aliphatic heterocycles. The van der Waals surface area contributed by atoms with Gasteiger partial charge in [0.25, 0.3) is 0 Å². The summed E-state index contributed by atoms with van der Waals surface area (Å²) in [5, 5.41) is 7.89. The summed E-state index contributed by atoms with van der Waals surface area (Å²) >= 11 is 0. The van der Waals surface area contributed by atoms with Crippen molar-refractivity contribution in [2.24, 2.45) is 5.92 Å². The van der Waals surface area contributed by atoms with Crippen LogP contribution < -0.4 is 10.1 Å². The Kier molecular flexibility index (Phi) is 6.72. The quantitative estimate of drug-likeness (QED) is 0.664. The molecule has 1 aliphatic carbocycles. The Balaban J connectivity index is 1.59. The van der Waals surface area contributed by atoms with E-state index in [0.29, 0.717) is 55.8 Å². The van der Waals surface area contributed by atoms with E-state index in [-0.39, 0.29) is 29.4 Å². The Morgan fingerprint density at radius 3 is 2.71 bits per heavy atom. The van der Waals surface area contributed by atoms with Gasteiger partial charge in [-0.1, -0.05) is 0 Å². The molecule has 1 amide bonds. The smallest absolute Gasteiger partial charge is 0.223 e. The van der Waals surface area contributed by atoms with Crippen molar-refractivity contribution in [3.8, 4) is 17.1 Å². The summed E-state index contributed by atoms with van der Waals surface area (Å²) in [6.45, 7) is 8.22. The van der Waals surface area contributed by atoms with E-state index in [1.807, 2.05) is 32.4 Å². The maximum absolute atomic E-state index is 14.8. The van der Waals surface area contributed by atoms with Gasteiger partial charge in [-0.2, -0.15) is 5.10 Å². The highest BCUT2D eigenvalue weighted by atomic mass is 32.2. The first-order valence-electron chi connectivity index (χ1n) is 11.9. The molecule has 10 heteroatoms. The lowest BCUT2D eigenvalue weighted by atomic mass is 9.84. The number of nitrogens with one attached hydrogen (secondary N) is 1. The van der Waals surface area contributed by atoms with Gasteiger partial charge in [0.1, 0.15) is 9.84 Å². The topological polar surface area (TPSA) is 103 Å². The van der Waals surface area contributed by atoms with Crippen molar-refractivity contribution < 1.29 is 22.3 Å². The number of carbonyl (C=O) groups is 1. The number of sulfone groups is 1. The Labute approximate surface area is 200 Å². The van der Waals surface area contributed by atoms with Gasteiger partial charge >= 0.3 is 0 Å². The zero-order valence-corrected chi connectivity index (χ0v) is 21.0. The highest BCUT2D eigenvalue weighted by Gasteiger charge is 2.38. The number of hydrogen-bond donors (Lipinski definition) is 1. The van der Waals surface area contributed by atoms with Crippen molar-refractivity contribution >= 4 is 15.7 Å². The maximum atomic E-state index is 14.8. The number of fused-ring (bicyclic) bond motifs is 1. The van der Waals surface area contributed by atoms with Crippen molar-refractivity contribution in [2.45, 2.75) is 71.4 Å². The van der Waals surface area contributed by atoms with Crippen LogP contribution in [0, 0.1) is 11.7 Å². The van der Waals surface area contributed by atoms with Gasteiger partial charge in [-0.15, -0.1) is 0 Å². The van der Waals surface area contributed by atoms with Crippen LogP contribution in [-0.2, 0) is 27.5 Å². The van der Waals surface area contributed by atoms with Crippen molar-refractivity contribution in [1.29, 1.82) is 0 Å². The normalized spacial score (nSPS) is 21.2. The van der Waals surface area contributed by atoms with E-state index in [2.05, 4.69) is 10.3 Å². The number of ether oxygens (including phenoxy) is 1. The molecule has 0 saturated carbocycles. The average Bonchev–Trinajstić information content (AvgIpc) is 3.17. The lowest BCUT2D eigenvalue weighted by molar-refractivity contribution is -0.127. The van der Waals surface area contributed by atoms with Crippen molar-refractivity contribution in [2.75, 3.05) is 18.1 Å². The van der Waals surface area contributed by atoms with Crippen molar-refractivity contribution in [3.63, 3.8) is 0 Å². The maximum Gasteiger partial charge on any atom is 0.223 e. The van der Waals surface area contributed by atoms with Gasteiger partial charge in [-0.25, -0.2) is 17.8 Å². The number of aromatic nitrogens is 3. The standard InChI is InChI=1S/C24H33FN4O4S/c1-5-33-21-13-18(19(25)14-26-21)22-17-7-6-16(12-20(17)29(28-22)15(2)3)23(30)27-24(4)8-10-34(31,32)11-9-24/h13-16H,5-12H2,1-4H3,(H,27,30)/t16-/m1/s1. The van der Waals surface area contributed by atoms with E-state index in [1.165, 1.54) is 0 Å². The fourth-order valence-electron chi connectivity index (χ4n) is 4.85. The lowest BCUT2D eigenvalue weighted by Gasteiger charge is -2.36. The molecule has 1 fully saturated rings. The molecule has 2 aromatic heterocycles. The third kappa shape index (κ3) is 4.96. The first-order chi connectivity index (χ1) is 16.0. The van der Waals surface area contributed by atoms with Gasteiger partial charge in [0, 0.05) is 46.8 Å². The van der Waals surface area contributed by atoms with Crippen LogP contribution in [-0.4, -0.2) is 52.7 Å². The van der Waals surface area contributed by atoms with E-state index >= 15 is 0 Å². The highest BCUT2D eigenvalue weighted by molar-refractivity contribution is 7.91. The van der Waals surface area contributed by atoms with Crippen LogP contribution in [0.4, 0.5) is 4.39 Å². The van der Waals surface area contributed by atoms with Gasteiger partial charge in [0.15, 0.2) is 5.82 Å². The molecule has 2 aromatic rings. The average molecular weight is 493 g/mol. The van der Waals surface area contributed by atoms with Crippen LogP contribution in [0.3, 0.4) is 0 Å². The number of carbonyl (C=O) groups excluding carboxylic acids is 1. The summed E-state index contributed by atoms with van der Waals surface area (Å²) in [7, 11) is -3.01. The van der Waals surface area contributed by atoms with Crippen LogP contribution in [0.5, 0.6) is 5.88 Å². The lowest BCUT2D eigenvalue weighted by Crippen LogP contribution is -2.53. The predicted octanol–water partition coefficient (Wildman–Crippen LogP) is 3.25. The molecule has 34 heavy (non-hydrogen) atoms. The summed E-state index contributed by atoms with van der Waals surface area (Å²) in [5.41, 5.74) is 2.32. The molecular weight excluding hydrogens is 459 g/mol. The molecule has 0 unspecified atom stereocenters. The van der Waals surface area contributed by atoms with E-state index in [9.17, 15) is 17.6 Å². The van der Waals surface area contributed by atoms with Gasteiger partial charge in [0.05, 0.1) is 30.0 Å². The molecule has 1 atom stereocenters. The van der Waals surface area contributed by atoms with E-state index < -0.39 is 21.2 Å². The van der Waals surface area contributed by atoms with Crippen molar-refractivity contribution in [3.05, 3.63) is 29.3 Å². The first kappa shape index (κ1) is 24.6. The van der Waals surface area contributed by atoms with Crippen molar-refractivity contribution in [1.82, 2.24) is 20.1 Å². The second-order valence-electron chi connectivity index (χ2n) is 9.89. The minimum atomic E-state index is -3.01. The first-order valence-corrected chi connectivity index (χ1v) is 13.8. The number of pyridine rings is 1. The number of nitrogens with zero attached hydrogens (tertiary/aromatic N) is 3. The van der Waals surface area contributed by atoms with Gasteiger partial charge in [-0.3, -0.25) is 9.48 Å². The number of halogens is 1. The molecule has 0 aromatic carbocycles. The van der Waals surface area contributed by atoms with Crippen LogP contribution in [0.2, 0.25) is 0 Å². The van der Waals surface area contributed by atoms with Crippen LogP contribution in [0.25, 0.3) is 11.3 Å². The molecule has 4 rings (SSSR count). The molecule has 3 heterocycles. The van der Waals surface area contributed by atoms with Gasteiger partial charge in [0.2, 0.25) is 11.8 Å². The fraction of sp³-hybridized carbons (Fsp3) is 0.625. The Morgan fingerprint density at radius 2 is 2.06 bits per heavy atom. The van der Waals surface area contributed by atoms with Crippen LogP contribution in [0.15, 0.2) is 12.3 Å². The fourth-order valence-corrected chi connectivity index (χ4v) is 6.57. The largest absolute Gasteiger partial charge is 0.478 e. The molecule has 186 valence electrons. The van der Waals surface area contributed by atoms with Gasteiger partial charge < -0.3 is 10.1 Å². The minimum absolute atomic E-state index is 0.0432. The number of amides is 1. The Hall–Kier alpha value is -2.49. The Morgan fingerprint density at radius 1 is 1.35 bits per heavy atom. The Bertz CT molecular complexity index is 1180. The zero-order valence-electron chi connectivity index (χ0n) is 20.2. The molecule has 0 bridgehead atoms. The summed E-state index contributed by atoms with van der Waals surface area (Å²) in [6.07, 6.45) is 3.74. The molecule has 8 nitrogen and oxygen atoms in total. The molecule has 0 radical (unpaired) electrons. The summed E-state index contributed by atoms with van der Waals surface area (Å²) in [4.78, 5) is 17.2. The molecule has 1 saturated heterocycles. The predicted molar refractivity (Wildman–Crippen MR) is 127 cm³/mol. The SMILES string of the molecule is CCOc1cc(-c2nn(C(C)C)c3c2CC[C@@H](C(=O)NC2(C)CCS(=O)(=O)CC2)C3)c(F)cn1. The second-order valence-corrected chi connectivity index (χ2v) is 12.2. The third-order valence-corrected chi connectivity index (χ3v) is 8.55. The summed E-state index contributed by atoms with van der Waals surface area (Å²) in [6, 6.07) is 1.63. The minimum Gasteiger partial charge on any atom is -0.478 e. The monoisotopic (exact) mass is 492 g/mol. The zero-order chi connectivity index (χ0) is 24.7. The highest BCUT2D eigenvalue weighted by Crippen LogP contribution is 2.37. The van der Waals surface area contributed by atoms with E-state index in [0.717, 1.165) is 17.5 Å². The van der Waals surface area contributed by atoms with E-state index in [1.54, 1.807) is 6.07 Å². The molecule has 0 spiro atoms. The van der Waals surface area contributed by atoms with Crippen LogP contribution in [0.1, 0.15) is 64.3 Å². The number of rotatable bonds is 6. The molecule has 2 aliphatic rings. The summed E-state index contributed by atoms with van der Waals surface area (Å²) in [5.74, 6) is -0.209. The third-order valence-electron chi connectivity index (χ3n) is 6.89.